The summed E-state index contributed by atoms with van der Waals surface area (Å²) in [5, 5.41) is 6.35. The Labute approximate surface area is 177 Å². The maximum absolute atomic E-state index is 13.2. The summed E-state index contributed by atoms with van der Waals surface area (Å²) in [5.41, 5.74) is 1.20. The Bertz CT molecular complexity index is 696. The first-order chi connectivity index (χ1) is 13.2. The lowest BCUT2D eigenvalue weighted by molar-refractivity contribution is -0.134. The molecule has 28 heavy (non-hydrogen) atoms. The minimum absolute atomic E-state index is 0. The molecule has 2 fully saturated rings. The number of carbonyl (C=O) groups excluding carboxylic acids is 2. The molecule has 1 aromatic rings. The normalized spacial score (nSPS) is 26.9. The number of amides is 2. The molecular formula is C21H30ClN3O2S. The van der Waals surface area contributed by atoms with E-state index in [2.05, 4.69) is 28.8 Å². The van der Waals surface area contributed by atoms with Gasteiger partial charge in [0.15, 0.2) is 0 Å². The minimum atomic E-state index is -0.0254. The van der Waals surface area contributed by atoms with Crippen molar-refractivity contribution in [3.8, 4) is 0 Å². The number of hydrogen-bond acceptors (Lipinski definition) is 4. The van der Waals surface area contributed by atoms with Crippen LogP contribution in [0.3, 0.4) is 0 Å². The molecule has 0 radical (unpaired) electrons. The molecule has 2 saturated heterocycles. The minimum Gasteiger partial charge on any atom is -0.354 e. The summed E-state index contributed by atoms with van der Waals surface area (Å²) < 4.78 is 0. The molecule has 2 N–H and O–H groups in total. The molecule has 2 amide bonds. The van der Waals surface area contributed by atoms with Crippen LogP contribution in [-0.4, -0.2) is 54.7 Å². The molecule has 0 spiro atoms. The van der Waals surface area contributed by atoms with Gasteiger partial charge in [0, 0.05) is 24.5 Å². The summed E-state index contributed by atoms with van der Waals surface area (Å²) in [6, 6.07) is 8.31. The van der Waals surface area contributed by atoms with E-state index in [4.69, 9.17) is 0 Å². The van der Waals surface area contributed by atoms with Gasteiger partial charge in [0.25, 0.3) is 0 Å². The fourth-order valence-corrected chi connectivity index (χ4v) is 5.65. The van der Waals surface area contributed by atoms with Crippen molar-refractivity contribution in [2.24, 2.45) is 5.92 Å². The molecule has 3 aliphatic rings. The van der Waals surface area contributed by atoms with E-state index in [1.165, 1.54) is 10.5 Å². The number of nitrogens with zero attached hydrogens (tertiary/aromatic N) is 1. The van der Waals surface area contributed by atoms with Crippen molar-refractivity contribution in [3.05, 3.63) is 29.8 Å². The molecule has 3 heterocycles. The lowest BCUT2D eigenvalue weighted by atomic mass is 9.91. The molecule has 0 bridgehead atoms. The number of piperidine rings is 1. The van der Waals surface area contributed by atoms with Gasteiger partial charge in [0.1, 0.15) is 0 Å². The Hall–Kier alpha value is -1.24. The van der Waals surface area contributed by atoms with Crippen molar-refractivity contribution in [2.75, 3.05) is 31.9 Å². The van der Waals surface area contributed by atoms with Gasteiger partial charge in [-0.1, -0.05) is 18.2 Å². The van der Waals surface area contributed by atoms with Gasteiger partial charge >= 0.3 is 0 Å². The van der Waals surface area contributed by atoms with E-state index in [-0.39, 0.29) is 36.2 Å². The lowest BCUT2D eigenvalue weighted by Gasteiger charge is -2.36. The van der Waals surface area contributed by atoms with Crippen LogP contribution in [-0.2, 0) is 9.59 Å². The number of thioether (sulfide) groups is 1. The molecule has 0 aromatic heterocycles. The molecule has 154 valence electrons. The van der Waals surface area contributed by atoms with Crippen molar-refractivity contribution in [1.29, 1.82) is 0 Å². The second kappa shape index (κ2) is 9.99. The van der Waals surface area contributed by atoms with Crippen molar-refractivity contribution in [1.82, 2.24) is 15.5 Å². The summed E-state index contributed by atoms with van der Waals surface area (Å²) >= 11 is 1.86. The number of carbonyl (C=O) groups is 2. The molecular weight excluding hydrogens is 394 g/mol. The Morgan fingerprint density at radius 1 is 1.18 bits per heavy atom. The maximum Gasteiger partial charge on any atom is 0.237 e. The monoisotopic (exact) mass is 423 g/mol. The highest BCUT2D eigenvalue weighted by atomic mass is 35.5. The van der Waals surface area contributed by atoms with Crippen LogP contribution in [0.2, 0.25) is 0 Å². The van der Waals surface area contributed by atoms with Crippen LogP contribution in [0.4, 0.5) is 0 Å². The zero-order chi connectivity index (χ0) is 18.6. The highest BCUT2D eigenvalue weighted by Crippen LogP contribution is 2.38. The summed E-state index contributed by atoms with van der Waals surface area (Å²) in [5.74, 6) is 1.76. The summed E-state index contributed by atoms with van der Waals surface area (Å²) in [4.78, 5) is 28.8. The predicted molar refractivity (Wildman–Crippen MR) is 115 cm³/mol. The zero-order valence-electron chi connectivity index (χ0n) is 16.2. The largest absolute Gasteiger partial charge is 0.354 e. The molecule has 4 rings (SSSR count). The third kappa shape index (κ3) is 4.84. The van der Waals surface area contributed by atoms with Gasteiger partial charge in [-0.2, -0.15) is 0 Å². The Balaban J connectivity index is 0.00000225. The van der Waals surface area contributed by atoms with Gasteiger partial charge in [0.2, 0.25) is 11.8 Å². The average molecular weight is 424 g/mol. The summed E-state index contributed by atoms with van der Waals surface area (Å²) in [6.07, 6.45) is 5.03. The van der Waals surface area contributed by atoms with Gasteiger partial charge in [-0.15, -0.1) is 24.2 Å². The average Bonchev–Trinajstić information content (AvgIpc) is 3.26. The van der Waals surface area contributed by atoms with E-state index in [1.54, 1.807) is 0 Å². The third-order valence-corrected chi connectivity index (χ3v) is 7.15. The molecule has 5 nitrogen and oxygen atoms in total. The highest BCUT2D eigenvalue weighted by Gasteiger charge is 2.33. The van der Waals surface area contributed by atoms with Gasteiger partial charge in [-0.05, 0) is 61.9 Å². The number of benzene rings is 1. The van der Waals surface area contributed by atoms with Gasteiger partial charge in [-0.3, -0.25) is 9.59 Å². The maximum atomic E-state index is 13.2. The van der Waals surface area contributed by atoms with E-state index < -0.39 is 0 Å². The number of hydrogen-bond donors (Lipinski definition) is 2. The van der Waals surface area contributed by atoms with Crippen molar-refractivity contribution >= 4 is 36.0 Å². The summed E-state index contributed by atoms with van der Waals surface area (Å²) in [7, 11) is 0. The van der Waals surface area contributed by atoms with E-state index >= 15 is 0 Å². The summed E-state index contributed by atoms with van der Waals surface area (Å²) in [6.45, 7) is 3.23. The van der Waals surface area contributed by atoms with Crippen LogP contribution in [0, 0.1) is 5.92 Å². The van der Waals surface area contributed by atoms with Gasteiger partial charge in [-0.25, -0.2) is 0 Å². The van der Waals surface area contributed by atoms with Crippen LogP contribution < -0.4 is 10.6 Å². The molecule has 3 atom stereocenters. The van der Waals surface area contributed by atoms with Crippen LogP contribution in [0.15, 0.2) is 29.2 Å². The van der Waals surface area contributed by atoms with Crippen LogP contribution in [0.5, 0.6) is 0 Å². The van der Waals surface area contributed by atoms with Crippen LogP contribution in [0.25, 0.3) is 0 Å². The smallest absolute Gasteiger partial charge is 0.237 e. The molecule has 1 aromatic carbocycles. The SMILES string of the molecule is Cl.O=C(NCC1CCCN(C(=O)C2CCSc3ccccc32)C1)C1CCCN1. The standard InChI is InChI=1S/C21H29N3O2S.ClH/c25-20(18-7-3-10-22-18)23-13-15-5-4-11-24(14-15)21(26)17-9-12-27-19-8-2-1-6-16(17)19;/h1-2,6,8,15,17-18,22H,3-5,7,9-14H2,(H,23,25);1H. The number of rotatable bonds is 4. The highest BCUT2D eigenvalue weighted by molar-refractivity contribution is 7.99. The Kier molecular flexibility index (Phi) is 7.66. The van der Waals surface area contributed by atoms with Crippen molar-refractivity contribution in [3.63, 3.8) is 0 Å². The van der Waals surface area contributed by atoms with Crippen molar-refractivity contribution < 1.29 is 9.59 Å². The Morgan fingerprint density at radius 3 is 2.86 bits per heavy atom. The quantitative estimate of drug-likeness (QED) is 0.781. The topological polar surface area (TPSA) is 61.4 Å². The number of halogens is 1. The molecule has 0 aliphatic carbocycles. The van der Waals surface area contributed by atoms with Crippen molar-refractivity contribution in [2.45, 2.75) is 49.0 Å². The zero-order valence-corrected chi connectivity index (χ0v) is 17.8. The fraction of sp³-hybridized carbons (Fsp3) is 0.619. The first-order valence-corrected chi connectivity index (χ1v) is 11.2. The lowest BCUT2D eigenvalue weighted by Crippen LogP contribution is -2.47. The predicted octanol–water partition coefficient (Wildman–Crippen LogP) is 2.79. The van der Waals surface area contributed by atoms with E-state index in [9.17, 15) is 9.59 Å². The van der Waals surface area contributed by atoms with Gasteiger partial charge in [0.05, 0.1) is 12.0 Å². The fourth-order valence-electron chi connectivity index (χ4n) is 4.53. The number of likely N-dealkylation sites (tertiary alicyclic amines) is 1. The molecule has 0 saturated carbocycles. The number of nitrogens with one attached hydrogen (secondary N) is 2. The van der Waals surface area contributed by atoms with Crippen LogP contribution in [0.1, 0.15) is 43.6 Å². The second-order valence-electron chi connectivity index (χ2n) is 7.91. The van der Waals surface area contributed by atoms with E-state index in [0.29, 0.717) is 12.5 Å². The molecule has 7 heteroatoms. The first-order valence-electron chi connectivity index (χ1n) is 10.2. The third-order valence-electron chi connectivity index (χ3n) is 6.03. The van der Waals surface area contributed by atoms with E-state index in [0.717, 1.165) is 57.5 Å². The number of fused-ring (bicyclic) bond motifs is 1. The van der Waals surface area contributed by atoms with Gasteiger partial charge < -0.3 is 15.5 Å². The van der Waals surface area contributed by atoms with Crippen LogP contribution >= 0.6 is 24.2 Å². The first kappa shape index (κ1) is 21.5. The Morgan fingerprint density at radius 2 is 2.04 bits per heavy atom. The molecule has 3 unspecified atom stereocenters. The molecule has 3 aliphatic heterocycles. The second-order valence-corrected chi connectivity index (χ2v) is 9.05. The van der Waals surface area contributed by atoms with E-state index in [1.807, 2.05) is 22.7 Å².